The minimum Gasteiger partial charge on any atom is -0.387 e. The third-order valence-electron chi connectivity index (χ3n) is 2.09. The Labute approximate surface area is 88.9 Å². The molecule has 7 nitrogen and oxygen atoms in total. The Kier molecular flexibility index (Phi) is 2.28. The van der Waals surface area contributed by atoms with Crippen molar-refractivity contribution in [2.24, 2.45) is 0 Å². The second kappa shape index (κ2) is 3.61. The number of nitro benzene ring substituents is 1. The Morgan fingerprint density at radius 1 is 1.50 bits per heavy atom. The molecule has 0 saturated heterocycles. The number of nitrogens with zero attached hydrogens (tertiary/aromatic N) is 2. The highest BCUT2D eigenvalue weighted by Gasteiger charge is 2.21. The maximum atomic E-state index is 10.9. The van der Waals surface area contributed by atoms with Gasteiger partial charge in [-0.1, -0.05) is 12.1 Å². The van der Waals surface area contributed by atoms with E-state index in [4.69, 9.17) is 0 Å². The lowest BCUT2D eigenvalue weighted by atomic mass is 10.1. The van der Waals surface area contributed by atoms with Gasteiger partial charge < -0.3 is 4.42 Å². The van der Waals surface area contributed by atoms with Gasteiger partial charge in [-0.2, -0.15) is 0 Å². The van der Waals surface area contributed by atoms with Gasteiger partial charge in [-0.05, 0) is 13.0 Å². The number of rotatable bonds is 2. The SMILES string of the molecule is Cc1cccc(-c2n[nH]c(=O)o2)c1[N+](=O)[O-]. The Hall–Kier alpha value is -2.44. The number of nitrogens with one attached hydrogen (secondary N) is 1. The molecule has 0 saturated carbocycles. The van der Waals surface area contributed by atoms with E-state index in [0.29, 0.717) is 5.56 Å². The first-order valence-electron chi connectivity index (χ1n) is 4.39. The molecule has 82 valence electrons. The summed E-state index contributed by atoms with van der Waals surface area (Å²) in [5.41, 5.74) is 0.550. The molecule has 0 bridgehead atoms. The molecule has 0 atom stereocenters. The van der Waals surface area contributed by atoms with E-state index in [1.165, 1.54) is 6.07 Å². The first-order chi connectivity index (χ1) is 7.59. The van der Waals surface area contributed by atoms with Crippen LogP contribution in [0.5, 0.6) is 0 Å². The second-order valence-corrected chi connectivity index (χ2v) is 3.15. The van der Waals surface area contributed by atoms with Crippen LogP contribution in [0.2, 0.25) is 0 Å². The standard InChI is InChI=1S/C9H7N3O4/c1-5-3-2-4-6(7(5)12(14)15)8-10-11-9(13)16-8/h2-4H,1H3,(H,11,13). The van der Waals surface area contributed by atoms with Gasteiger partial charge in [0.2, 0.25) is 0 Å². The van der Waals surface area contributed by atoms with Crippen molar-refractivity contribution in [3.63, 3.8) is 0 Å². The van der Waals surface area contributed by atoms with Gasteiger partial charge in [0.25, 0.3) is 11.6 Å². The molecule has 0 radical (unpaired) electrons. The fourth-order valence-electron chi connectivity index (χ4n) is 1.42. The highest BCUT2D eigenvalue weighted by atomic mass is 16.6. The monoisotopic (exact) mass is 221 g/mol. The van der Waals surface area contributed by atoms with Crippen LogP contribution < -0.4 is 5.76 Å². The molecule has 1 aromatic carbocycles. The number of aryl methyl sites for hydroxylation is 1. The number of hydrogen-bond acceptors (Lipinski definition) is 5. The van der Waals surface area contributed by atoms with E-state index in [0.717, 1.165) is 0 Å². The fourth-order valence-corrected chi connectivity index (χ4v) is 1.42. The van der Waals surface area contributed by atoms with Crippen molar-refractivity contribution in [3.05, 3.63) is 44.4 Å². The van der Waals surface area contributed by atoms with Crippen molar-refractivity contribution in [3.8, 4) is 11.5 Å². The zero-order chi connectivity index (χ0) is 11.7. The van der Waals surface area contributed by atoms with Crippen LogP contribution in [-0.4, -0.2) is 15.1 Å². The Morgan fingerprint density at radius 3 is 2.81 bits per heavy atom. The van der Waals surface area contributed by atoms with Gasteiger partial charge in [0, 0.05) is 5.56 Å². The minimum absolute atomic E-state index is 0.0830. The Morgan fingerprint density at radius 2 is 2.25 bits per heavy atom. The van der Waals surface area contributed by atoms with Crippen LogP contribution in [0.1, 0.15) is 5.56 Å². The molecule has 2 rings (SSSR count). The minimum atomic E-state index is -0.745. The summed E-state index contributed by atoms with van der Waals surface area (Å²) in [4.78, 5) is 21.1. The molecule has 1 heterocycles. The van der Waals surface area contributed by atoms with Gasteiger partial charge in [0.15, 0.2) is 0 Å². The lowest BCUT2D eigenvalue weighted by molar-refractivity contribution is -0.384. The highest BCUT2D eigenvalue weighted by Crippen LogP contribution is 2.30. The highest BCUT2D eigenvalue weighted by molar-refractivity contribution is 5.69. The average molecular weight is 221 g/mol. The lowest BCUT2D eigenvalue weighted by Gasteiger charge is -2.00. The number of para-hydroxylation sites is 1. The predicted octanol–water partition coefficient (Wildman–Crippen LogP) is 1.25. The third-order valence-corrected chi connectivity index (χ3v) is 2.09. The van der Waals surface area contributed by atoms with Crippen molar-refractivity contribution >= 4 is 5.69 Å². The molecule has 0 aliphatic heterocycles. The van der Waals surface area contributed by atoms with Crippen molar-refractivity contribution in [1.29, 1.82) is 0 Å². The molecule has 1 N–H and O–H groups in total. The Balaban J connectivity index is 2.69. The zero-order valence-corrected chi connectivity index (χ0v) is 8.26. The van der Waals surface area contributed by atoms with Crippen LogP contribution in [0.4, 0.5) is 5.69 Å². The molecule has 0 spiro atoms. The molecule has 0 unspecified atom stereocenters. The molecule has 0 aliphatic carbocycles. The largest absolute Gasteiger partial charge is 0.434 e. The van der Waals surface area contributed by atoms with E-state index in [9.17, 15) is 14.9 Å². The van der Waals surface area contributed by atoms with E-state index in [1.54, 1.807) is 19.1 Å². The van der Waals surface area contributed by atoms with Crippen molar-refractivity contribution in [2.75, 3.05) is 0 Å². The van der Waals surface area contributed by atoms with Gasteiger partial charge >= 0.3 is 5.76 Å². The summed E-state index contributed by atoms with van der Waals surface area (Å²) in [6.07, 6.45) is 0. The van der Waals surface area contributed by atoms with Crippen LogP contribution in [0.3, 0.4) is 0 Å². The summed E-state index contributed by atoms with van der Waals surface area (Å²) < 4.78 is 4.69. The predicted molar refractivity (Wildman–Crippen MR) is 54.0 cm³/mol. The van der Waals surface area contributed by atoms with E-state index in [-0.39, 0.29) is 17.1 Å². The molecule has 7 heteroatoms. The van der Waals surface area contributed by atoms with Crippen LogP contribution in [-0.2, 0) is 0 Å². The third kappa shape index (κ3) is 1.58. The summed E-state index contributed by atoms with van der Waals surface area (Å²) in [5.74, 6) is -0.828. The van der Waals surface area contributed by atoms with E-state index in [2.05, 4.69) is 14.6 Å². The molecule has 0 aliphatic rings. The maximum Gasteiger partial charge on any atom is 0.434 e. The fraction of sp³-hybridized carbons (Fsp3) is 0.111. The van der Waals surface area contributed by atoms with Crippen molar-refractivity contribution in [1.82, 2.24) is 10.2 Å². The maximum absolute atomic E-state index is 10.9. The van der Waals surface area contributed by atoms with E-state index < -0.39 is 10.7 Å². The molecule has 1 aromatic heterocycles. The second-order valence-electron chi connectivity index (χ2n) is 3.15. The average Bonchev–Trinajstić information content (AvgIpc) is 2.63. The molecule has 16 heavy (non-hydrogen) atoms. The van der Waals surface area contributed by atoms with Gasteiger partial charge in [0.05, 0.1) is 4.92 Å². The topological polar surface area (TPSA) is 102 Å². The van der Waals surface area contributed by atoms with E-state index in [1.807, 2.05) is 0 Å². The molecule has 0 amide bonds. The summed E-state index contributed by atoms with van der Waals surface area (Å²) in [6.45, 7) is 1.60. The molecule has 2 aromatic rings. The summed E-state index contributed by atoms with van der Waals surface area (Å²) in [7, 11) is 0. The van der Waals surface area contributed by atoms with Crippen molar-refractivity contribution < 1.29 is 9.34 Å². The van der Waals surface area contributed by atoms with Gasteiger partial charge in [-0.15, -0.1) is 5.10 Å². The van der Waals surface area contributed by atoms with Gasteiger partial charge in [-0.3, -0.25) is 10.1 Å². The van der Waals surface area contributed by atoms with Crippen LogP contribution >= 0.6 is 0 Å². The summed E-state index contributed by atoms with van der Waals surface area (Å²) >= 11 is 0. The number of nitro groups is 1. The van der Waals surface area contributed by atoms with Crippen LogP contribution in [0.25, 0.3) is 11.5 Å². The van der Waals surface area contributed by atoms with Crippen LogP contribution in [0, 0.1) is 17.0 Å². The zero-order valence-electron chi connectivity index (χ0n) is 8.26. The number of aromatic nitrogens is 2. The van der Waals surface area contributed by atoms with Gasteiger partial charge in [0.1, 0.15) is 5.56 Å². The van der Waals surface area contributed by atoms with E-state index >= 15 is 0 Å². The van der Waals surface area contributed by atoms with Crippen molar-refractivity contribution in [2.45, 2.75) is 6.92 Å². The quantitative estimate of drug-likeness (QED) is 0.607. The first-order valence-corrected chi connectivity index (χ1v) is 4.39. The van der Waals surface area contributed by atoms with Gasteiger partial charge in [-0.25, -0.2) is 9.89 Å². The number of H-pyrrole nitrogens is 1. The summed E-state index contributed by atoms with van der Waals surface area (Å²) in [6, 6.07) is 4.71. The summed E-state index contributed by atoms with van der Waals surface area (Å²) in [5, 5.41) is 16.5. The lowest BCUT2D eigenvalue weighted by Crippen LogP contribution is -1.95. The number of hydrogen-bond donors (Lipinski definition) is 1. The molecular formula is C9H7N3O4. The Bertz CT molecular complexity index is 599. The number of benzene rings is 1. The molecule has 0 fully saturated rings. The molecular weight excluding hydrogens is 214 g/mol. The smallest absolute Gasteiger partial charge is 0.387 e. The normalized spacial score (nSPS) is 10.3. The number of aromatic amines is 1. The first kappa shape index (κ1) is 10.1. The van der Waals surface area contributed by atoms with Crippen LogP contribution in [0.15, 0.2) is 27.4 Å².